The largest absolute Gasteiger partial charge is 0.478 e. The zero-order valence-electron chi connectivity index (χ0n) is 13.6. The van der Waals surface area contributed by atoms with Crippen molar-refractivity contribution in [3.05, 3.63) is 83.7 Å². The summed E-state index contributed by atoms with van der Waals surface area (Å²) >= 11 is 0. The number of hydrogen-bond donors (Lipinski definition) is 1. The number of hydrogen-bond acceptors (Lipinski definition) is 3. The second kappa shape index (κ2) is 6.97. The van der Waals surface area contributed by atoms with Crippen LogP contribution in [0, 0.1) is 0 Å². The lowest BCUT2D eigenvalue weighted by molar-refractivity contribution is 0.0696. The van der Waals surface area contributed by atoms with Gasteiger partial charge in [-0.05, 0) is 67.6 Å². The molecule has 0 aliphatic heterocycles. The molecule has 25 heavy (non-hydrogen) atoms. The van der Waals surface area contributed by atoms with E-state index in [0.29, 0.717) is 5.56 Å². The zero-order valence-corrected chi connectivity index (χ0v) is 13.6. The molecule has 2 aromatic carbocycles. The van der Waals surface area contributed by atoms with Gasteiger partial charge in [0, 0.05) is 17.4 Å². The van der Waals surface area contributed by atoms with Crippen LogP contribution in [0.15, 0.2) is 71.9 Å². The minimum absolute atomic E-state index is 0.0224. The van der Waals surface area contributed by atoms with Gasteiger partial charge in [0.2, 0.25) is 0 Å². The van der Waals surface area contributed by atoms with Crippen LogP contribution in [0.25, 0.3) is 5.69 Å². The standard InChI is InChI=1S/C20H16N2O3/c1-14(23)15-4-8-17(9-5-15)21-13-19-3-2-12-22(19)18-10-6-16(7-11-18)20(24)25/h2-13H,1H3,(H,24,25). The summed E-state index contributed by atoms with van der Waals surface area (Å²) < 4.78 is 1.92. The van der Waals surface area contributed by atoms with E-state index < -0.39 is 5.97 Å². The van der Waals surface area contributed by atoms with E-state index in [1.54, 1.807) is 54.7 Å². The summed E-state index contributed by atoms with van der Waals surface area (Å²) in [4.78, 5) is 26.7. The fourth-order valence-electron chi connectivity index (χ4n) is 2.42. The van der Waals surface area contributed by atoms with Gasteiger partial charge in [-0.3, -0.25) is 9.79 Å². The van der Waals surface area contributed by atoms with Gasteiger partial charge >= 0.3 is 5.97 Å². The number of carboxylic acids is 1. The number of nitrogens with zero attached hydrogens (tertiary/aromatic N) is 2. The third-order valence-corrected chi connectivity index (χ3v) is 3.79. The molecule has 0 saturated heterocycles. The van der Waals surface area contributed by atoms with Crippen molar-refractivity contribution in [2.75, 3.05) is 0 Å². The van der Waals surface area contributed by atoms with E-state index in [0.717, 1.165) is 17.1 Å². The molecule has 0 saturated carbocycles. The average Bonchev–Trinajstić information content (AvgIpc) is 3.09. The highest BCUT2D eigenvalue weighted by molar-refractivity contribution is 5.94. The van der Waals surface area contributed by atoms with Crippen LogP contribution in [-0.4, -0.2) is 27.6 Å². The molecule has 0 aliphatic carbocycles. The molecule has 3 rings (SSSR count). The second-order valence-electron chi connectivity index (χ2n) is 5.52. The van der Waals surface area contributed by atoms with Crippen LogP contribution in [0.5, 0.6) is 0 Å². The molecule has 124 valence electrons. The van der Waals surface area contributed by atoms with E-state index in [-0.39, 0.29) is 11.3 Å². The minimum atomic E-state index is -0.949. The molecule has 5 heteroatoms. The molecule has 1 heterocycles. The fraction of sp³-hybridized carbons (Fsp3) is 0.0500. The van der Waals surface area contributed by atoms with Gasteiger partial charge in [0.05, 0.1) is 23.2 Å². The van der Waals surface area contributed by atoms with Crippen molar-refractivity contribution in [2.45, 2.75) is 6.92 Å². The normalized spacial score (nSPS) is 10.9. The second-order valence-corrected chi connectivity index (χ2v) is 5.52. The van der Waals surface area contributed by atoms with Crippen molar-refractivity contribution in [2.24, 2.45) is 4.99 Å². The van der Waals surface area contributed by atoms with Crippen LogP contribution in [0.4, 0.5) is 5.69 Å². The van der Waals surface area contributed by atoms with Gasteiger partial charge in [0.1, 0.15) is 0 Å². The number of carbonyl (C=O) groups is 2. The number of carbonyl (C=O) groups excluding carboxylic acids is 1. The molecule has 0 radical (unpaired) electrons. The number of Topliss-reactive ketones (excluding diaryl/α,β-unsaturated/α-hetero) is 1. The third-order valence-electron chi connectivity index (χ3n) is 3.79. The molecule has 0 unspecified atom stereocenters. The molecule has 0 atom stereocenters. The SMILES string of the molecule is CC(=O)c1ccc(N=Cc2cccn2-c2ccc(C(=O)O)cc2)cc1. The highest BCUT2D eigenvalue weighted by Crippen LogP contribution is 2.16. The summed E-state index contributed by atoms with van der Waals surface area (Å²) in [6.45, 7) is 1.53. The first-order chi connectivity index (χ1) is 12.0. The number of aromatic carboxylic acids is 1. The highest BCUT2D eigenvalue weighted by Gasteiger charge is 2.05. The molecule has 0 spiro atoms. The Labute approximate surface area is 144 Å². The number of benzene rings is 2. The van der Waals surface area contributed by atoms with E-state index in [1.807, 2.05) is 22.9 Å². The average molecular weight is 332 g/mol. The number of rotatable bonds is 5. The highest BCUT2D eigenvalue weighted by atomic mass is 16.4. The molecular formula is C20H16N2O3. The fourth-order valence-corrected chi connectivity index (χ4v) is 2.42. The van der Waals surface area contributed by atoms with Crippen LogP contribution in [0.1, 0.15) is 33.3 Å². The van der Waals surface area contributed by atoms with Crippen molar-refractivity contribution in [1.82, 2.24) is 4.57 Å². The Bertz CT molecular complexity index is 936. The molecule has 0 bridgehead atoms. The third kappa shape index (κ3) is 3.72. The summed E-state index contributed by atoms with van der Waals surface area (Å²) in [5, 5.41) is 8.98. The van der Waals surface area contributed by atoms with Gasteiger partial charge in [-0.1, -0.05) is 0 Å². The van der Waals surface area contributed by atoms with Crippen molar-refractivity contribution in [1.29, 1.82) is 0 Å². The molecule has 0 aliphatic rings. The van der Waals surface area contributed by atoms with Gasteiger partial charge < -0.3 is 9.67 Å². The zero-order chi connectivity index (χ0) is 17.8. The maximum Gasteiger partial charge on any atom is 0.335 e. The first kappa shape index (κ1) is 16.4. The lowest BCUT2D eigenvalue weighted by atomic mass is 10.1. The van der Waals surface area contributed by atoms with E-state index in [9.17, 15) is 9.59 Å². The number of aliphatic imine (C=N–C) groups is 1. The summed E-state index contributed by atoms with van der Waals surface area (Å²) in [7, 11) is 0. The Morgan fingerprint density at radius 1 is 0.960 bits per heavy atom. The topological polar surface area (TPSA) is 71.7 Å². The molecule has 1 N–H and O–H groups in total. The van der Waals surface area contributed by atoms with Gasteiger partial charge in [-0.25, -0.2) is 4.79 Å². The van der Waals surface area contributed by atoms with Crippen molar-refractivity contribution in [3.8, 4) is 5.69 Å². The lowest BCUT2D eigenvalue weighted by Crippen LogP contribution is -2.00. The summed E-state index contributed by atoms with van der Waals surface area (Å²) in [6.07, 6.45) is 3.61. The van der Waals surface area contributed by atoms with Crippen LogP contribution in [-0.2, 0) is 0 Å². The monoisotopic (exact) mass is 332 g/mol. The molecule has 5 nitrogen and oxygen atoms in total. The quantitative estimate of drug-likeness (QED) is 0.564. The van der Waals surface area contributed by atoms with Gasteiger partial charge in [0.15, 0.2) is 5.78 Å². The number of aromatic nitrogens is 1. The Morgan fingerprint density at radius 3 is 2.20 bits per heavy atom. The molecule has 0 amide bonds. The van der Waals surface area contributed by atoms with E-state index in [1.165, 1.54) is 6.92 Å². The van der Waals surface area contributed by atoms with E-state index in [4.69, 9.17) is 5.11 Å². The van der Waals surface area contributed by atoms with Crippen LogP contribution in [0.3, 0.4) is 0 Å². The number of ketones is 1. The minimum Gasteiger partial charge on any atom is -0.478 e. The smallest absolute Gasteiger partial charge is 0.335 e. The van der Waals surface area contributed by atoms with Crippen LogP contribution < -0.4 is 0 Å². The Morgan fingerprint density at radius 2 is 1.60 bits per heavy atom. The maximum atomic E-state index is 11.3. The Hall–Kier alpha value is -3.47. The predicted molar refractivity (Wildman–Crippen MR) is 96.4 cm³/mol. The lowest BCUT2D eigenvalue weighted by Gasteiger charge is -2.06. The van der Waals surface area contributed by atoms with Crippen molar-refractivity contribution < 1.29 is 14.7 Å². The van der Waals surface area contributed by atoms with E-state index in [2.05, 4.69) is 4.99 Å². The van der Waals surface area contributed by atoms with Gasteiger partial charge in [-0.2, -0.15) is 0 Å². The first-order valence-electron chi connectivity index (χ1n) is 7.71. The van der Waals surface area contributed by atoms with Gasteiger partial charge in [-0.15, -0.1) is 0 Å². The molecule has 0 fully saturated rings. The van der Waals surface area contributed by atoms with E-state index >= 15 is 0 Å². The summed E-state index contributed by atoms with van der Waals surface area (Å²) in [5.74, 6) is -0.927. The van der Waals surface area contributed by atoms with Gasteiger partial charge in [0.25, 0.3) is 0 Å². The molecular weight excluding hydrogens is 316 g/mol. The van der Waals surface area contributed by atoms with Crippen molar-refractivity contribution >= 4 is 23.7 Å². The predicted octanol–water partition coefficient (Wildman–Crippen LogP) is 4.13. The summed E-state index contributed by atoms with van der Waals surface area (Å²) in [6, 6.07) is 17.5. The Kier molecular flexibility index (Phi) is 4.57. The maximum absolute atomic E-state index is 11.3. The molecule has 3 aromatic rings. The molecule has 1 aromatic heterocycles. The van der Waals surface area contributed by atoms with Crippen LogP contribution in [0.2, 0.25) is 0 Å². The number of carboxylic acid groups (broad SMARTS) is 1. The first-order valence-corrected chi connectivity index (χ1v) is 7.71. The Balaban J connectivity index is 1.83. The summed E-state index contributed by atoms with van der Waals surface area (Å²) in [5.41, 5.74) is 3.36. The van der Waals surface area contributed by atoms with Crippen molar-refractivity contribution in [3.63, 3.8) is 0 Å². The van der Waals surface area contributed by atoms with Crippen LogP contribution >= 0.6 is 0 Å².